The minimum atomic E-state index is -0.377. The summed E-state index contributed by atoms with van der Waals surface area (Å²) in [6.07, 6.45) is 1.64. The van der Waals surface area contributed by atoms with Crippen LogP contribution in [0.2, 0.25) is 0 Å². The lowest BCUT2D eigenvalue weighted by molar-refractivity contribution is -0.116. The highest BCUT2D eigenvalue weighted by atomic mass is 32.2. The predicted octanol–water partition coefficient (Wildman–Crippen LogP) is 4.95. The molecule has 152 valence electrons. The Morgan fingerprint density at radius 3 is 2.70 bits per heavy atom. The Bertz CT molecular complexity index is 1210. The molecule has 0 atom stereocenters. The second kappa shape index (κ2) is 8.62. The molecule has 0 aliphatic carbocycles. The Morgan fingerprint density at radius 1 is 1.13 bits per heavy atom. The van der Waals surface area contributed by atoms with Crippen LogP contribution in [0, 0.1) is 18.6 Å². The molecule has 30 heavy (non-hydrogen) atoms. The van der Waals surface area contributed by atoms with E-state index in [9.17, 15) is 13.6 Å². The molecule has 2 heterocycles. The van der Waals surface area contributed by atoms with Crippen LogP contribution in [0.25, 0.3) is 11.2 Å². The second-order valence-electron chi connectivity index (χ2n) is 6.75. The van der Waals surface area contributed by atoms with Crippen molar-refractivity contribution in [1.82, 2.24) is 14.5 Å². The van der Waals surface area contributed by atoms with E-state index >= 15 is 0 Å². The van der Waals surface area contributed by atoms with E-state index < -0.39 is 0 Å². The van der Waals surface area contributed by atoms with Gasteiger partial charge in [-0.15, -0.1) is 0 Å². The van der Waals surface area contributed by atoms with E-state index in [0.717, 1.165) is 5.56 Å². The Morgan fingerprint density at radius 2 is 1.93 bits per heavy atom. The topological polar surface area (TPSA) is 59.8 Å². The first-order valence-corrected chi connectivity index (χ1v) is 10.2. The number of amides is 1. The van der Waals surface area contributed by atoms with Crippen molar-refractivity contribution >= 4 is 34.5 Å². The molecule has 4 rings (SSSR count). The largest absolute Gasteiger partial charge is 0.324 e. The SMILES string of the molecule is Cc1ccc(NC(=O)Cn2c(SCc3ccc(F)cc3)nc3cccnc32)cc1F. The number of anilines is 1. The maximum Gasteiger partial charge on any atom is 0.244 e. The molecule has 0 radical (unpaired) electrons. The zero-order chi connectivity index (χ0) is 21.1. The van der Waals surface area contributed by atoms with Crippen molar-refractivity contribution in [2.24, 2.45) is 0 Å². The summed E-state index contributed by atoms with van der Waals surface area (Å²) in [7, 11) is 0. The summed E-state index contributed by atoms with van der Waals surface area (Å²) in [5.41, 5.74) is 3.10. The fourth-order valence-corrected chi connectivity index (χ4v) is 3.89. The lowest BCUT2D eigenvalue weighted by Crippen LogP contribution is -2.19. The van der Waals surface area contributed by atoms with Crippen molar-refractivity contribution in [2.75, 3.05) is 5.32 Å². The van der Waals surface area contributed by atoms with Crippen LogP contribution < -0.4 is 5.32 Å². The fraction of sp³-hybridized carbons (Fsp3) is 0.136. The van der Waals surface area contributed by atoms with Gasteiger partial charge >= 0.3 is 0 Å². The molecular formula is C22H18F2N4OS. The van der Waals surface area contributed by atoms with Gasteiger partial charge in [0.05, 0.1) is 0 Å². The Balaban J connectivity index is 1.55. The van der Waals surface area contributed by atoms with E-state index in [0.29, 0.717) is 33.3 Å². The quantitative estimate of drug-likeness (QED) is 0.445. The third-order valence-electron chi connectivity index (χ3n) is 4.51. The van der Waals surface area contributed by atoms with E-state index in [1.807, 2.05) is 6.07 Å². The summed E-state index contributed by atoms with van der Waals surface area (Å²) >= 11 is 1.43. The monoisotopic (exact) mass is 424 g/mol. The minimum Gasteiger partial charge on any atom is -0.324 e. The summed E-state index contributed by atoms with van der Waals surface area (Å²) < 4.78 is 28.6. The summed E-state index contributed by atoms with van der Waals surface area (Å²) in [6, 6.07) is 14.4. The number of pyridine rings is 1. The number of benzene rings is 2. The lowest BCUT2D eigenvalue weighted by atomic mass is 10.2. The van der Waals surface area contributed by atoms with Gasteiger partial charge in [-0.2, -0.15) is 0 Å². The van der Waals surface area contributed by atoms with Gasteiger partial charge in [-0.05, 0) is 54.4 Å². The van der Waals surface area contributed by atoms with Crippen molar-refractivity contribution in [1.29, 1.82) is 0 Å². The number of rotatable bonds is 6. The number of carbonyl (C=O) groups excluding carboxylic acids is 1. The molecule has 5 nitrogen and oxygen atoms in total. The van der Waals surface area contributed by atoms with Crippen LogP contribution in [0.15, 0.2) is 66.0 Å². The first-order chi connectivity index (χ1) is 14.5. The van der Waals surface area contributed by atoms with Gasteiger partial charge in [-0.1, -0.05) is 30.0 Å². The van der Waals surface area contributed by atoms with Gasteiger partial charge in [0.25, 0.3) is 0 Å². The standard InChI is InChI=1S/C22H18F2N4OS/c1-14-4-9-17(11-18(14)24)26-20(29)12-28-21-19(3-2-10-25-21)27-22(28)30-13-15-5-7-16(23)8-6-15/h2-11H,12-13H2,1H3,(H,26,29). The van der Waals surface area contributed by atoms with E-state index in [-0.39, 0.29) is 24.1 Å². The number of aryl methyl sites for hydroxylation is 1. The van der Waals surface area contributed by atoms with Crippen molar-refractivity contribution in [3.63, 3.8) is 0 Å². The molecule has 8 heteroatoms. The van der Waals surface area contributed by atoms with Crippen LogP contribution in [0.1, 0.15) is 11.1 Å². The predicted molar refractivity (Wildman–Crippen MR) is 113 cm³/mol. The summed E-state index contributed by atoms with van der Waals surface area (Å²) in [6.45, 7) is 1.64. The van der Waals surface area contributed by atoms with Crippen LogP contribution in [0.3, 0.4) is 0 Å². The molecule has 4 aromatic rings. The number of thioether (sulfide) groups is 1. The first-order valence-electron chi connectivity index (χ1n) is 9.24. The third kappa shape index (κ3) is 4.49. The van der Waals surface area contributed by atoms with Crippen LogP contribution in [0.5, 0.6) is 0 Å². The van der Waals surface area contributed by atoms with Crippen LogP contribution >= 0.6 is 11.8 Å². The number of hydrogen-bond acceptors (Lipinski definition) is 4. The second-order valence-corrected chi connectivity index (χ2v) is 7.70. The van der Waals surface area contributed by atoms with Crippen LogP contribution in [-0.2, 0) is 17.1 Å². The van der Waals surface area contributed by atoms with Gasteiger partial charge in [0.2, 0.25) is 5.91 Å². The lowest BCUT2D eigenvalue weighted by Gasteiger charge is -2.10. The molecule has 0 fully saturated rings. The maximum absolute atomic E-state index is 13.8. The van der Waals surface area contributed by atoms with Crippen molar-refractivity contribution in [3.8, 4) is 0 Å². The Hall–Kier alpha value is -3.26. The maximum atomic E-state index is 13.8. The number of hydrogen-bond donors (Lipinski definition) is 1. The highest BCUT2D eigenvalue weighted by Gasteiger charge is 2.16. The van der Waals surface area contributed by atoms with Crippen molar-refractivity contribution < 1.29 is 13.6 Å². The molecule has 1 amide bonds. The van der Waals surface area contributed by atoms with Gasteiger partial charge in [0.1, 0.15) is 23.7 Å². The summed E-state index contributed by atoms with van der Waals surface area (Å²) in [4.78, 5) is 21.6. The van der Waals surface area contributed by atoms with E-state index in [4.69, 9.17) is 0 Å². The van der Waals surface area contributed by atoms with Crippen molar-refractivity contribution in [3.05, 3.63) is 83.6 Å². The third-order valence-corrected chi connectivity index (χ3v) is 5.55. The Kier molecular flexibility index (Phi) is 5.76. The zero-order valence-corrected chi connectivity index (χ0v) is 16.9. The summed E-state index contributed by atoms with van der Waals surface area (Å²) in [5.74, 6) is -0.414. The number of nitrogens with zero attached hydrogens (tertiary/aromatic N) is 3. The molecule has 2 aromatic heterocycles. The number of imidazole rings is 1. The summed E-state index contributed by atoms with van der Waals surface area (Å²) in [5, 5.41) is 3.34. The highest BCUT2D eigenvalue weighted by molar-refractivity contribution is 7.98. The molecule has 0 bridgehead atoms. The van der Waals surface area contributed by atoms with Gasteiger partial charge in [0, 0.05) is 17.6 Å². The first kappa shape index (κ1) is 20.0. The smallest absolute Gasteiger partial charge is 0.244 e. The minimum absolute atomic E-state index is 0.0191. The number of halogens is 2. The molecule has 0 spiro atoms. The van der Waals surface area contributed by atoms with Gasteiger partial charge in [-0.3, -0.25) is 9.36 Å². The van der Waals surface area contributed by atoms with Gasteiger partial charge in [-0.25, -0.2) is 18.7 Å². The molecule has 0 saturated heterocycles. The number of carbonyl (C=O) groups is 1. The average molecular weight is 424 g/mol. The number of aromatic nitrogens is 3. The molecular weight excluding hydrogens is 406 g/mol. The van der Waals surface area contributed by atoms with Gasteiger partial charge < -0.3 is 5.32 Å². The molecule has 0 saturated carbocycles. The van der Waals surface area contributed by atoms with Crippen molar-refractivity contribution in [2.45, 2.75) is 24.4 Å². The molecule has 1 N–H and O–H groups in total. The molecule has 2 aromatic carbocycles. The molecule has 0 aliphatic rings. The zero-order valence-electron chi connectivity index (χ0n) is 16.1. The van der Waals surface area contributed by atoms with E-state index in [1.54, 1.807) is 48.0 Å². The average Bonchev–Trinajstić information content (AvgIpc) is 3.08. The highest BCUT2D eigenvalue weighted by Crippen LogP contribution is 2.26. The van der Waals surface area contributed by atoms with Gasteiger partial charge in [0.15, 0.2) is 10.8 Å². The molecule has 0 aliphatic heterocycles. The van der Waals surface area contributed by atoms with Crippen LogP contribution in [-0.4, -0.2) is 20.4 Å². The fourth-order valence-electron chi connectivity index (χ4n) is 2.93. The molecule has 0 unspecified atom stereocenters. The Labute approximate surface area is 176 Å². The van der Waals surface area contributed by atoms with E-state index in [2.05, 4.69) is 15.3 Å². The van der Waals surface area contributed by atoms with E-state index in [1.165, 1.54) is 30.0 Å². The van der Waals surface area contributed by atoms with Crippen LogP contribution in [0.4, 0.5) is 14.5 Å². The number of nitrogens with one attached hydrogen (secondary N) is 1. The normalized spacial score (nSPS) is 11.0. The number of fused-ring (bicyclic) bond motifs is 1.